The van der Waals surface area contributed by atoms with Crippen molar-refractivity contribution in [2.24, 2.45) is 5.92 Å². The minimum atomic E-state index is -0.0124. The van der Waals surface area contributed by atoms with Crippen molar-refractivity contribution in [1.29, 1.82) is 0 Å². The minimum Gasteiger partial charge on any atom is -0.313 e. The molecule has 0 bridgehead atoms. The lowest BCUT2D eigenvalue weighted by molar-refractivity contribution is 0.103. The van der Waals surface area contributed by atoms with E-state index in [4.69, 9.17) is 0 Å². The van der Waals surface area contributed by atoms with Crippen LogP contribution in [0.25, 0.3) is 0 Å². The molecule has 1 saturated heterocycles. The van der Waals surface area contributed by atoms with Crippen molar-refractivity contribution >= 4 is 33.6 Å². The first-order valence-corrected chi connectivity index (χ1v) is 12.0. The third kappa shape index (κ3) is 4.32. The van der Waals surface area contributed by atoms with Gasteiger partial charge in [0.2, 0.25) is 0 Å². The lowest BCUT2D eigenvalue weighted by atomic mass is 9.91. The highest BCUT2D eigenvalue weighted by Crippen LogP contribution is 2.43. The predicted octanol–water partition coefficient (Wildman–Crippen LogP) is 6.50. The Balaban J connectivity index is 1.75. The molecule has 0 saturated carbocycles. The number of likely N-dealkylation sites (tertiary alicyclic amines) is 1. The lowest BCUT2D eigenvalue weighted by Gasteiger charge is -2.37. The second-order valence-electron chi connectivity index (χ2n) is 7.99. The molecule has 1 aliphatic heterocycles. The van der Waals surface area contributed by atoms with E-state index in [2.05, 4.69) is 61.3 Å². The van der Waals surface area contributed by atoms with Crippen molar-refractivity contribution in [2.45, 2.75) is 39.7 Å². The van der Waals surface area contributed by atoms with Gasteiger partial charge in [-0.3, -0.25) is 9.69 Å². The molecule has 0 unspecified atom stereocenters. The van der Waals surface area contributed by atoms with E-state index in [1.807, 2.05) is 17.5 Å². The van der Waals surface area contributed by atoms with Crippen LogP contribution in [0.1, 0.15) is 57.0 Å². The van der Waals surface area contributed by atoms with Gasteiger partial charge in [-0.15, -0.1) is 22.7 Å². The van der Waals surface area contributed by atoms with Crippen LogP contribution in [-0.4, -0.2) is 23.9 Å². The molecule has 3 nitrogen and oxygen atoms in total. The number of anilines is 1. The van der Waals surface area contributed by atoms with Crippen LogP contribution in [0, 0.1) is 19.8 Å². The standard InChI is InChI=1S/C24H28N2OS2/c1-16-11-13-26(14-12-16)22(19-8-5-4-6-9-19)21-17(2)18(3)29-24(21)25-23(27)20-10-7-15-28-20/h4-10,15-16,22H,11-14H2,1-3H3,(H,25,27)/t22-/m0/s1. The van der Waals surface area contributed by atoms with E-state index in [1.54, 1.807) is 11.3 Å². The van der Waals surface area contributed by atoms with Crippen molar-refractivity contribution in [2.75, 3.05) is 18.4 Å². The Kier molecular flexibility index (Phi) is 6.18. The zero-order chi connectivity index (χ0) is 20.4. The zero-order valence-corrected chi connectivity index (χ0v) is 18.9. The topological polar surface area (TPSA) is 32.3 Å². The number of nitrogens with zero attached hydrogens (tertiary/aromatic N) is 1. The molecule has 1 amide bonds. The maximum absolute atomic E-state index is 12.8. The molecule has 1 N–H and O–H groups in total. The van der Waals surface area contributed by atoms with Gasteiger partial charge in [-0.05, 0) is 68.3 Å². The number of carbonyl (C=O) groups excluding carboxylic acids is 1. The monoisotopic (exact) mass is 424 g/mol. The Morgan fingerprint density at radius 3 is 2.48 bits per heavy atom. The van der Waals surface area contributed by atoms with Gasteiger partial charge in [0, 0.05) is 10.4 Å². The number of amides is 1. The number of aryl methyl sites for hydroxylation is 1. The number of hydrogen-bond donors (Lipinski definition) is 1. The molecule has 1 aromatic carbocycles. The largest absolute Gasteiger partial charge is 0.313 e. The fourth-order valence-corrected chi connectivity index (χ4v) is 5.83. The molecule has 4 rings (SSSR count). The molecule has 5 heteroatoms. The fourth-order valence-electron chi connectivity index (χ4n) is 4.12. The van der Waals surface area contributed by atoms with Gasteiger partial charge in [-0.25, -0.2) is 0 Å². The number of piperidine rings is 1. The molecule has 0 aliphatic carbocycles. The molecule has 1 atom stereocenters. The van der Waals surface area contributed by atoms with Gasteiger partial charge in [0.05, 0.1) is 10.9 Å². The van der Waals surface area contributed by atoms with E-state index < -0.39 is 0 Å². The Morgan fingerprint density at radius 1 is 1.10 bits per heavy atom. The van der Waals surface area contributed by atoms with E-state index in [0.717, 1.165) is 28.9 Å². The fraction of sp³-hybridized carbons (Fsp3) is 0.375. The number of nitrogens with one attached hydrogen (secondary N) is 1. The summed E-state index contributed by atoms with van der Waals surface area (Å²) in [5, 5.41) is 6.17. The van der Waals surface area contributed by atoms with E-state index in [9.17, 15) is 4.79 Å². The molecule has 1 fully saturated rings. The van der Waals surface area contributed by atoms with Crippen molar-refractivity contribution in [1.82, 2.24) is 4.90 Å². The van der Waals surface area contributed by atoms with E-state index in [1.165, 1.54) is 45.7 Å². The van der Waals surface area contributed by atoms with Crippen molar-refractivity contribution < 1.29 is 4.79 Å². The summed E-state index contributed by atoms with van der Waals surface area (Å²) in [5.74, 6) is 0.771. The molecule has 1 aliphatic rings. The molecule has 0 spiro atoms. The summed E-state index contributed by atoms with van der Waals surface area (Å²) in [4.78, 5) is 17.4. The van der Waals surface area contributed by atoms with Gasteiger partial charge in [-0.1, -0.05) is 43.3 Å². The predicted molar refractivity (Wildman–Crippen MR) is 124 cm³/mol. The number of benzene rings is 1. The van der Waals surface area contributed by atoms with Crippen LogP contribution in [0.4, 0.5) is 5.00 Å². The number of hydrogen-bond acceptors (Lipinski definition) is 4. The maximum Gasteiger partial charge on any atom is 0.266 e. The number of rotatable bonds is 5. The van der Waals surface area contributed by atoms with Gasteiger partial charge >= 0.3 is 0 Å². The Hall–Kier alpha value is -1.95. The molecule has 2 aromatic heterocycles. The highest BCUT2D eigenvalue weighted by Gasteiger charge is 2.31. The SMILES string of the molecule is Cc1sc(NC(=O)c2cccs2)c([C@H](c2ccccc2)N2CCC(C)CC2)c1C. The van der Waals surface area contributed by atoms with Crippen molar-refractivity contribution in [3.63, 3.8) is 0 Å². The van der Waals surface area contributed by atoms with Crippen LogP contribution in [0.5, 0.6) is 0 Å². The summed E-state index contributed by atoms with van der Waals surface area (Å²) >= 11 is 3.18. The van der Waals surface area contributed by atoms with Crippen LogP contribution in [-0.2, 0) is 0 Å². The number of thiophene rings is 2. The van der Waals surface area contributed by atoms with Crippen LogP contribution in [0.15, 0.2) is 47.8 Å². The minimum absolute atomic E-state index is 0.0124. The Labute approximate surface area is 181 Å². The molecular formula is C24H28N2OS2. The van der Waals surface area contributed by atoms with Crippen molar-refractivity contribution in [3.05, 3.63) is 74.3 Å². The molecule has 29 heavy (non-hydrogen) atoms. The first-order valence-electron chi connectivity index (χ1n) is 10.3. The molecule has 152 valence electrons. The average Bonchev–Trinajstić information content (AvgIpc) is 3.35. The summed E-state index contributed by atoms with van der Waals surface area (Å²) in [6.07, 6.45) is 2.45. The third-order valence-electron chi connectivity index (χ3n) is 5.98. The van der Waals surface area contributed by atoms with Crippen LogP contribution < -0.4 is 5.32 Å². The van der Waals surface area contributed by atoms with Crippen LogP contribution in [0.3, 0.4) is 0 Å². The second kappa shape index (κ2) is 8.82. The van der Waals surface area contributed by atoms with E-state index in [-0.39, 0.29) is 11.9 Å². The first-order chi connectivity index (χ1) is 14.0. The van der Waals surface area contributed by atoms with Crippen LogP contribution >= 0.6 is 22.7 Å². The summed E-state index contributed by atoms with van der Waals surface area (Å²) in [6.45, 7) is 8.89. The summed E-state index contributed by atoms with van der Waals surface area (Å²) < 4.78 is 0. The number of carbonyl (C=O) groups is 1. The molecule has 0 radical (unpaired) electrons. The zero-order valence-electron chi connectivity index (χ0n) is 17.3. The van der Waals surface area contributed by atoms with Gasteiger partial charge in [0.25, 0.3) is 5.91 Å². The average molecular weight is 425 g/mol. The highest BCUT2D eigenvalue weighted by molar-refractivity contribution is 7.17. The summed E-state index contributed by atoms with van der Waals surface area (Å²) in [5.41, 5.74) is 3.86. The normalized spacial score (nSPS) is 16.7. The quantitative estimate of drug-likeness (QED) is 0.507. The highest BCUT2D eigenvalue weighted by atomic mass is 32.1. The smallest absolute Gasteiger partial charge is 0.266 e. The lowest BCUT2D eigenvalue weighted by Crippen LogP contribution is -2.37. The van der Waals surface area contributed by atoms with Gasteiger partial charge in [-0.2, -0.15) is 0 Å². The summed E-state index contributed by atoms with van der Waals surface area (Å²) in [6, 6.07) is 14.7. The first kappa shape index (κ1) is 20.3. The molecule has 3 heterocycles. The maximum atomic E-state index is 12.8. The van der Waals surface area contributed by atoms with Gasteiger partial charge < -0.3 is 5.32 Å². The van der Waals surface area contributed by atoms with E-state index >= 15 is 0 Å². The third-order valence-corrected chi connectivity index (χ3v) is 7.98. The molecule has 3 aromatic rings. The van der Waals surface area contributed by atoms with Gasteiger partial charge in [0.15, 0.2) is 0 Å². The molecular weight excluding hydrogens is 396 g/mol. The Bertz CT molecular complexity index is 954. The van der Waals surface area contributed by atoms with Crippen molar-refractivity contribution in [3.8, 4) is 0 Å². The van der Waals surface area contributed by atoms with Crippen LogP contribution in [0.2, 0.25) is 0 Å². The summed E-state index contributed by atoms with van der Waals surface area (Å²) in [7, 11) is 0. The van der Waals surface area contributed by atoms with E-state index in [0.29, 0.717) is 0 Å². The Morgan fingerprint density at radius 2 is 1.83 bits per heavy atom. The second-order valence-corrected chi connectivity index (χ2v) is 10.2. The van der Waals surface area contributed by atoms with Gasteiger partial charge in [0.1, 0.15) is 5.00 Å².